The van der Waals surface area contributed by atoms with E-state index in [1.165, 1.54) is 24.5 Å². The van der Waals surface area contributed by atoms with Crippen molar-refractivity contribution in [2.45, 2.75) is 11.1 Å². The van der Waals surface area contributed by atoms with E-state index in [-0.39, 0.29) is 22.0 Å². The van der Waals surface area contributed by atoms with Crippen LogP contribution in [-0.4, -0.2) is 24.2 Å². The lowest BCUT2D eigenvalue weighted by Gasteiger charge is -2.14. The Morgan fingerprint density at radius 1 is 1.03 bits per heavy atom. The maximum Gasteiger partial charge on any atom is 0.417 e. The maximum atomic E-state index is 13.1. The van der Waals surface area contributed by atoms with Gasteiger partial charge in [-0.1, -0.05) is 23.2 Å². The number of halogens is 5. The van der Waals surface area contributed by atoms with Gasteiger partial charge in [-0.2, -0.15) is 13.2 Å². The number of rotatable bonds is 5. The molecule has 0 fully saturated rings. The fraction of sp³-hybridized carbons (Fsp3) is 0.0556. The van der Waals surface area contributed by atoms with Gasteiger partial charge in [0, 0.05) is 24.2 Å². The van der Waals surface area contributed by atoms with E-state index in [0.717, 1.165) is 24.4 Å². The minimum Gasteiger partial charge on any atom is -0.287 e. The molecule has 12 heteroatoms. The van der Waals surface area contributed by atoms with Gasteiger partial charge in [0.15, 0.2) is 0 Å². The number of hydrogen-bond acceptors (Lipinski definition) is 5. The van der Waals surface area contributed by atoms with Gasteiger partial charge in [0.25, 0.3) is 10.0 Å². The summed E-state index contributed by atoms with van der Waals surface area (Å²) < 4.78 is 66.7. The van der Waals surface area contributed by atoms with E-state index in [9.17, 15) is 26.4 Å². The van der Waals surface area contributed by atoms with Gasteiger partial charge in [-0.3, -0.25) is 14.5 Å². The highest BCUT2D eigenvalue weighted by Gasteiger charge is 2.34. The zero-order chi connectivity index (χ0) is 22.1. The van der Waals surface area contributed by atoms with Gasteiger partial charge in [-0.05, 0) is 36.4 Å². The lowest BCUT2D eigenvalue weighted by Crippen LogP contribution is -2.18. The Labute approximate surface area is 178 Å². The number of carbonyl (C=O) groups is 1. The van der Waals surface area contributed by atoms with E-state index in [0.29, 0.717) is 6.07 Å². The third-order valence-electron chi connectivity index (χ3n) is 3.81. The number of pyridine rings is 2. The lowest BCUT2D eigenvalue weighted by atomic mass is 10.1. The number of benzene rings is 1. The molecule has 6 nitrogen and oxygen atoms in total. The van der Waals surface area contributed by atoms with E-state index in [4.69, 9.17) is 23.2 Å². The van der Waals surface area contributed by atoms with Crippen LogP contribution < -0.4 is 4.72 Å². The first-order valence-corrected chi connectivity index (χ1v) is 10.2. The summed E-state index contributed by atoms with van der Waals surface area (Å²) >= 11 is 11.4. The second-order valence-electron chi connectivity index (χ2n) is 5.86. The van der Waals surface area contributed by atoms with Gasteiger partial charge in [0.05, 0.1) is 26.2 Å². The van der Waals surface area contributed by atoms with Crippen molar-refractivity contribution in [1.29, 1.82) is 0 Å². The molecule has 156 valence electrons. The van der Waals surface area contributed by atoms with Gasteiger partial charge in [0.2, 0.25) is 5.78 Å². The summed E-state index contributed by atoms with van der Waals surface area (Å²) in [5.41, 5.74) is -1.73. The second-order valence-corrected chi connectivity index (χ2v) is 8.39. The Kier molecular flexibility index (Phi) is 6.02. The van der Waals surface area contributed by atoms with Crippen LogP contribution in [0.3, 0.4) is 0 Å². The van der Waals surface area contributed by atoms with E-state index in [1.54, 1.807) is 0 Å². The normalized spacial score (nSPS) is 11.9. The summed E-state index contributed by atoms with van der Waals surface area (Å²) in [6, 6.07) is 6.03. The van der Waals surface area contributed by atoms with E-state index in [1.807, 2.05) is 0 Å². The average molecular weight is 476 g/mol. The van der Waals surface area contributed by atoms with Gasteiger partial charge in [-0.25, -0.2) is 13.4 Å². The zero-order valence-electron chi connectivity index (χ0n) is 14.6. The molecule has 0 aliphatic rings. The summed E-state index contributed by atoms with van der Waals surface area (Å²) in [5, 5.41) is -0.648. The van der Waals surface area contributed by atoms with Crippen molar-refractivity contribution in [1.82, 2.24) is 9.97 Å². The van der Waals surface area contributed by atoms with Gasteiger partial charge >= 0.3 is 6.18 Å². The largest absolute Gasteiger partial charge is 0.417 e. The minimum absolute atomic E-state index is 0.00562. The van der Waals surface area contributed by atoms with Crippen LogP contribution in [0.5, 0.6) is 0 Å². The van der Waals surface area contributed by atoms with Crippen LogP contribution in [0.15, 0.2) is 59.9 Å². The van der Waals surface area contributed by atoms with Crippen molar-refractivity contribution < 1.29 is 26.4 Å². The quantitative estimate of drug-likeness (QED) is 0.533. The Bertz CT molecular complexity index is 1220. The molecule has 30 heavy (non-hydrogen) atoms. The Morgan fingerprint density at radius 3 is 2.33 bits per heavy atom. The van der Waals surface area contributed by atoms with Crippen molar-refractivity contribution in [3.63, 3.8) is 0 Å². The fourth-order valence-electron chi connectivity index (χ4n) is 2.43. The third kappa shape index (κ3) is 4.72. The summed E-state index contributed by atoms with van der Waals surface area (Å²) in [6.45, 7) is 0. The average Bonchev–Trinajstić information content (AvgIpc) is 2.67. The molecule has 0 radical (unpaired) electrons. The molecule has 0 aliphatic heterocycles. The molecule has 3 rings (SSSR count). The summed E-state index contributed by atoms with van der Waals surface area (Å²) in [4.78, 5) is 19.6. The molecular formula is C18H10Cl2F3N3O3S. The van der Waals surface area contributed by atoms with Crippen LogP contribution in [0.4, 0.5) is 18.9 Å². The number of hydrogen-bond donors (Lipinski definition) is 1. The number of nitrogens with zero attached hydrogens (tertiary/aromatic N) is 2. The second kappa shape index (κ2) is 8.21. The molecule has 0 amide bonds. The molecule has 2 aromatic heterocycles. The first-order chi connectivity index (χ1) is 14.0. The standard InChI is InChI=1S/C18H10Cl2F3N3O3S/c19-11-7-15(16(25-9-11)17(27)10-3-5-24-6-4-10)26-30(28,29)12-1-2-14(20)13(8-12)18(21,22)23/h1-9,26H. The van der Waals surface area contributed by atoms with Gasteiger partial charge in [-0.15, -0.1) is 0 Å². The maximum absolute atomic E-state index is 13.1. The molecule has 1 N–H and O–H groups in total. The molecule has 2 heterocycles. The van der Waals surface area contributed by atoms with Crippen molar-refractivity contribution >= 4 is 44.7 Å². The monoisotopic (exact) mass is 475 g/mol. The number of aromatic nitrogens is 2. The van der Waals surface area contributed by atoms with Crippen molar-refractivity contribution in [2.75, 3.05) is 4.72 Å². The topological polar surface area (TPSA) is 89.0 Å². The summed E-state index contributed by atoms with van der Waals surface area (Å²) in [5.74, 6) is -0.640. The highest BCUT2D eigenvalue weighted by atomic mass is 35.5. The first-order valence-electron chi connectivity index (χ1n) is 7.99. The highest BCUT2D eigenvalue weighted by molar-refractivity contribution is 7.92. The fourth-order valence-corrected chi connectivity index (χ4v) is 3.90. The third-order valence-corrected chi connectivity index (χ3v) is 5.71. The van der Waals surface area contributed by atoms with Crippen LogP contribution in [0, 0.1) is 0 Å². The molecule has 0 atom stereocenters. The smallest absolute Gasteiger partial charge is 0.287 e. The minimum atomic E-state index is -4.86. The predicted octanol–water partition coefficient (Wildman–Crippen LogP) is 4.83. The molecule has 0 aliphatic carbocycles. The van der Waals surface area contributed by atoms with Crippen molar-refractivity contribution in [2.24, 2.45) is 0 Å². The van der Waals surface area contributed by atoms with Crippen LogP contribution in [-0.2, 0) is 16.2 Å². The number of nitrogens with one attached hydrogen (secondary N) is 1. The highest BCUT2D eigenvalue weighted by Crippen LogP contribution is 2.36. The zero-order valence-corrected chi connectivity index (χ0v) is 16.9. The summed E-state index contributed by atoms with van der Waals surface area (Å²) in [7, 11) is -4.54. The number of anilines is 1. The Balaban J connectivity index is 2.04. The van der Waals surface area contributed by atoms with Crippen LogP contribution in [0.2, 0.25) is 10.0 Å². The Morgan fingerprint density at radius 2 is 1.70 bits per heavy atom. The lowest BCUT2D eigenvalue weighted by molar-refractivity contribution is -0.137. The molecule has 0 unspecified atom stereocenters. The van der Waals surface area contributed by atoms with Crippen molar-refractivity contribution in [3.05, 3.63) is 81.9 Å². The molecule has 0 saturated heterocycles. The van der Waals surface area contributed by atoms with Crippen molar-refractivity contribution in [3.8, 4) is 0 Å². The molecular weight excluding hydrogens is 466 g/mol. The van der Waals surface area contributed by atoms with Crippen LogP contribution in [0.1, 0.15) is 21.6 Å². The number of sulfonamides is 1. The number of carbonyl (C=O) groups excluding carboxylic acids is 1. The molecule has 0 spiro atoms. The first kappa shape index (κ1) is 22.0. The molecule has 0 saturated carbocycles. The summed E-state index contributed by atoms with van der Waals surface area (Å²) in [6.07, 6.45) is -1.00. The molecule has 1 aromatic carbocycles. The van der Waals surface area contributed by atoms with Gasteiger partial charge < -0.3 is 0 Å². The SMILES string of the molecule is O=C(c1ccncc1)c1ncc(Cl)cc1NS(=O)(=O)c1ccc(Cl)c(C(F)(F)F)c1. The van der Waals surface area contributed by atoms with Crippen LogP contribution >= 0.6 is 23.2 Å². The predicted molar refractivity (Wildman–Crippen MR) is 104 cm³/mol. The van der Waals surface area contributed by atoms with E-state index >= 15 is 0 Å². The van der Waals surface area contributed by atoms with E-state index in [2.05, 4.69) is 14.7 Å². The van der Waals surface area contributed by atoms with E-state index < -0.39 is 37.5 Å². The van der Waals surface area contributed by atoms with Crippen LogP contribution in [0.25, 0.3) is 0 Å². The van der Waals surface area contributed by atoms with Gasteiger partial charge in [0.1, 0.15) is 5.69 Å². The molecule has 0 bridgehead atoms. The molecule has 3 aromatic rings. The Hall–Kier alpha value is -2.69. The number of alkyl halides is 3. The number of ketones is 1.